The van der Waals surface area contributed by atoms with Gasteiger partial charge >= 0.3 is 0 Å². The van der Waals surface area contributed by atoms with E-state index in [2.05, 4.69) is 17.6 Å². The molecule has 14 heavy (non-hydrogen) atoms. The second-order valence-electron chi connectivity index (χ2n) is 4.25. The number of hydrogen-bond acceptors (Lipinski definition) is 3. The Hall–Kier alpha value is -0.120. The number of ether oxygens (including phenoxy) is 1. The van der Waals surface area contributed by atoms with Crippen molar-refractivity contribution < 1.29 is 4.74 Å². The molecule has 0 bridgehead atoms. The third-order valence-electron chi connectivity index (χ3n) is 2.96. The molecule has 2 atom stereocenters. The van der Waals surface area contributed by atoms with E-state index >= 15 is 0 Å². The summed E-state index contributed by atoms with van der Waals surface area (Å²) in [6.07, 6.45) is 4.37. The summed E-state index contributed by atoms with van der Waals surface area (Å²) in [6, 6.07) is 0. The van der Waals surface area contributed by atoms with Crippen molar-refractivity contribution >= 4 is 0 Å². The number of hydrogen-bond donors (Lipinski definition) is 2. The van der Waals surface area contributed by atoms with Gasteiger partial charge in [-0.15, -0.1) is 0 Å². The first kappa shape index (κ1) is 12.0. The Morgan fingerprint density at radius 2 is 2.43 bits per heavy atom. The fourth-order valence-corrected chi connectivity index (χ4v) is 1.87. The van der Waals surface area contributed by atoms with Crippen molar-refractivity contribution in [2.75, 3.05) is 33.3 Å². The van der Waals surface area contributed by atoms with Crippen molar-refractivity contribution in [3.05, 3.63) is 0 Å². The van der Waals surface area contributed by atoms with Gasteiger partial charge < -0.3 is 15.4 Å². The van der Waals surface area contributed by atoms with Crippen LogP contribution >= 0.6 is 0 Å². The first-order valence-electron chi connectivity index (χ1n) is 5.77. The van der Waals surface area contributed by atoms with E-state index < -0.39 is 0 Å². The normalized spacial score (nSPS) is 24.9. The number of methoxy groups -OCH3 is 1. The van der Waals surface area contributed by atoms with Gasteiger partial charge in [0.05, 0.1) is 6.10 Å². The summed E-state index contributed by atoms with van der Waals surface area (Å²) >= 11 is 0. The Kier molecular flexibility index (Phi) is 6.15. The summed E-state index contributed by atoms with van der Waals surface area (Å²) < 4.78 is 5.17. The lowest BCUT2D eigenvalue weighted by molar-refractivity contribution is 0.117. The van der Waals surface area contributed by atoms with Crippen LogP contribution in [0.2, 0.25) is 0 Å². The summed E-state index contributed by atoms with van der Waals surface area (Å²) in [5.74, 6) is 0.883. The molecule has 3 nitrogen and oxygen atoms in total. The molecule has 1 rings (SSSR count). The molecule has 0 amide bonds. The second-order valence-corrected chi connectivity index (χ2v) is 4.25. The SMILES string of the molecule is COC(C)CNCCC1CCCNC1. The summed E-state index contributed by atoms with van der Waals surface area (Å²) in [4.78, 5) is 0. The average molecular weight is 200 g/mol. The molecule has 0 spiro atoms. The van der Waals surface area contributed by atoms with Crippen LogP contribution in [0.15, 0.2) is 0 Å². The van der Waals surface area contributed by atoms with Crippen molar-refractivity contribution in [3.8, 4) is 0 Å². The Morgan fingerprint density at radius 1 is 1.57 bits per heavy atom. The van der Waals surface area contributed by atoms with Crippen LogP contribution in [-0.2, 0) is 4.74 Å². The topological polar surface area (TPSA) is 33.3 Å². The van der Waals surface area contributed by atoms with E-state index in [0.29, 0.717) is 6.10 Å². The quantitative estimate of drug-likeness (QED) is 0.628. The van der Waals surface area contributed by atoms with Crippen LogP contribution in [0.3, 0.4) is 0 Å². The van der Waals surface area contributed by atoms with Gasteiger partial charge in [0, 0.05) is 13.7 Å². The van der Waals surface area contributed by atoms with Crippen LogP contribution in [0.1, 0.15) is 26.2 Å². The van der Waals surface area contributed by atoms with Crippen LogP contribution in [0, 0.1) is 5.92 Å². The van der Waals surface area contributed by atoms with Crippen LogP contribution in [0.25, 0.3) is 0 Å². The van der Waals surface area contributed by atoms with E-state index in [0.717, 1.165) is 19.0 Å². The highest BCUT2D eigenvalue weighted by Gasteiger charge is 2.11. The van der Waals surface area contributed by atoms with Crippen molar-refractivity contribution in [2.24, 2.45) is 5.92 Å². The molecule has 0 aromatic carbocycles. The molecule has 0 radical (unpaired) electrons. The lowest BCUT2D eigenvalue weighted by Crippen LogP contribution is -2.33. The van der Waals surface area contributed by atoms with Crippen LogP contribution in [-0.4, -0.2) is 39.4 Å². The zero-order chi connectivity index (χ0) is 10.2. The minimum Gasteiger partial charge on any atom is -0.380 e. The molecular formula is C11H24N2O. The van der Waals surface area contributed by atoms with Gasteiger partial charge in [-0.1, -0.05) is 0 Å². The highest BCUT2D eigenvalue weighted by molar-refractivity contribution is 4.70. The summed E-state index contributed by atoms with van der Waals surface area (Å²) in [6.45, 7) is 6.61. The molecule has 0 saturated carbocycles. The van der Waals surface area contributed by atoms with Gasteiger partial charge in [-0.25, -0.2) is 0 Å². The second kappa shape index (κ2) is 7.21. The lowest BCUT2D eigenvalue weighted by atomic mass is 9.96. The van der Waals surface area contributed by atoms with Crippen molar-refractivity contribution in [1.29, 1.82) is 0 Å². The maximum Gasteiger partial charge on any atom is 0.0667 e. The monoisotopic (exact) mass is 200 g/mol. The van der Waals surface area contributed by atoms with Crippen LogP contribution in [0.5, 0.6) is 0 Å². The van der Waals surface area contributed by atoms with E-state index in [1.54, 1.807) is 7.11 Å². The fourth-order valence-electron chi connectivity index (χ4n) is 1.87. The van der Waals surface area contributed by atoms with Gasteiger partial charge in [0.1, 0.15) is 0 Å². The average Bonchev–Trinajstić information content (AvgIpc) is 2.25. The smallest absolute Gasteiger partial charge is 0.0667 e. The lowest BCUT2D eigenvalue weighted by Gasteiger charge is -2.22. The van der Waals surface area contributed by atoms with Gasteiger partial charge in [0.2, 0.25) is 0 Å². The Labute approximate surface area is 87.6 Å². The predicted octanol–water partition coefficient (Wildman–Crippen LogP) is 1.00. The van der Waals surface area contributed by atoms with E-state index in [9.17, 15) is 0 Å². The molecule has 1 aliphatic heterocycles. The maximum absolute atomic E-state index is 5.17. The molecule has 1 fully saturated rings. The summed E-state index contributed by atoms with van der Waals surface area (Å²) in [7, 11) is 1.76. The molecule has 3 heteroatoms. The minimum atomic E-state index is 0.333. The van der Waals surface area contributed by atoms with Crippen LogP contribution < -0.4 is 10.6 Å². The highest BCUT2D eigenvalue weighted by Crippen LogP contribution is 2.12. The molecule has 0 aromatic rings. The van der Waals surface area contributed by atoms with E-state index in [1.807, 2.05) is 0 Å². The van der Waals surface area contributed by atoms with Gasteiger partial charge in [0.25, 0.3) is 0 Å². The molecule has 1 heterocycles. The van der Waals surface area contributed by atoms with Gasteiger partial charge in [-0.05, 0) is 51.7 Å². The van der Waals surface area contributed by atoms with Crippen molar-refractivity contribution in [1.82, 2.24) is 10.6 Å². The number of piperidine rings is 1. The third kappa shape index (κ3) is 4.94. The summed E-state index contributed by atoms with van der Waals surface area (Å²) in [5.41, 5.74) is 0. The molecule has 2 N–H and O–H groups in total. The van der Waals surface area contributed by atoms with Gasteiger partial charge in [-0.3, -0.25) is 0 Å². The minimum absolute atomic E-state index is 0.333. The van der Waals surface area contributed by atoms with Gasteiger partial charge in [0.15, 0.2) is 0 Å². The molecular weight excluding hydrogens is 176 g/mol. The fraction of sp³-hybridized carbons (Fsp3) is 1.00. The zero-order valence-electron chi connectivity index (χ0n) is 9.51. The van der Waals surface area contributed by atoms with E-state index in [-0.39, 0.29) is 0 Å². The maximum atomic E-state index is 5.17. The predicted molar refractivity (Wildman–Crippen MR) is 59.6 cm³/mol. The zero-order valence-corrected chi connectivity index (χ0v) is 9.51. The largest absolute Gasteiger partial charge is 0.380 e. The number of nitrogens with one attached hydrogen (secondary N) is 2. The molecule has 2 unspecified atom stereocenters. The van der Waals surface area contributed by atoms with E-state index in [1.165, 1.54) is 32.4 Å². The summed E-state index contributed by atoms with van der Waals surface area (Å²) in [5, 5.41) is 6.87. The standard InChI is InChI=1S/C11H24N2O/c1-10(14-2)8-13-7-5-11-4-3-6-12-9-11/h10-13H,3-9H2,1-2H3. The first-order chi connectivity index (χ1) is 6.83. The Morgan fingerprint density at radius 3 is 3.07 bits per heavy atom. The van der Waals surface area contributed by atoms with Crippen molar-refractivity contribution in [3.63, 3.8) is 0 Å². The molecule has 0 aliphatic carbocycles. The Balaban J connectivity index is 1.92. The van der Waals surface area contributed by atoms with Crippen LogP contribution in [0.4, 0.5) is 0 Å². The third-order valence-corrected chi connectivity index (χ3v) is 2.96. The molecule has 0 aromatic heterocycles. The molecule has 84 valence electrons. The molecule has 1 saturated heterocycles. The number of rotatable bonds is 6. The Bertz CT molecular complexity index is 135. The highest BCUT2D eigenvalue weighted by atomic mass is 16.5. The van der Waals surface area contributed by atoms with Crippen molar-refractivity contribution in [2.45, 2.75) is 32.3 Å². The molecule has 1 aliphatic rings. The van der Waals surface area contributed by atoms with E-state index in [4.69, 9.17) is 4.74 Å². The first-order valence-corrected chi connectivity index (χ1v) is 5.77. The van der Waals surface area contributed by atoms with Gasteiger partial charge in [-0.2, -0.15) is 0 Å².